The predicted molar refractivity (Wildman–Crippen MR) is 49.5 cm³/mol. The molecule has 1 fully saturated rings. The number of hydrogen-bond donors (Lipinski definition) is 3. The van der Waals surface area contributed by atoms with Crippen molar-refractivity contribution in [2.45, 2.75) is 25.0 Å². The molecule has 0 aromatic heterocycles. The van der Waals surface area contributed by atoms with Gasteiger partial charge in [-0.15, -0.1) is 0 Å². The second-order valence-electron chi connectivity index (χ2n) is 3.67. The molecule has 1 aliphatic heterocycles. The Bertz CT molecular complexity index is 143. The first kappa shape index (κ1) is 10.9. The first-order valence-corrected chi connectivity index (χ1v) is 4.80. The SMILES string of the molecule is COCC(O)CC1CNCCC1O. The maximum atomic E-state index is 9.59. The van der Waals surface area contributed by atoms with Gasteiger partial charge in [0, 0.05) is 13.7 Å². The predicted octanol–water partition coefficient (Wildman–Crippen LogP) is -0.646. The summed E-state index contributed by atoms with van der Waals surface area (Å²) < 4.78 is 4.83. The summed E-state index contributed by atoms with van der Waals surface area (Å²) in [6.45, 7) is 2.02. The summed E-state index contributed by atoms with van der Waals surface area (Å²) in [4.78, 5) is 0. The van der Waals surface area contributed by atoms with Crippen molar-refractivity contribution in [1.82, 2.24) is 5.32 Å². The summed E-state index contributed by atoms with van der Waals surface area (Å²) in [5.41, 5.74) is 0. The zero-order chi connectivity index (χ0) is 9.68. The van der Waals surface area contributed by atoms with Crippen LogP contribution < -0.4 is 5.32 Å². The molecule has 1 saturated heterocycles. The molecule has 4 nitrogen and oxygen atoms in total. The fraction of sp³-hybridized carbons (Fsp3) is 1.00. The van der Waals surface area contributed by atoms with Crippen molar-refractivity contribution in [2.75, 3.05) is 26.8 Å². The Kier molecular flexibility index (Phi) is 4.66. The van der Waals surface area contributed by atoms with Crippen molar-refractivity contribution >= 4 is 0 Å². The molecule has 0 aromatic carbocycles. The summed E-state index contributed by atoms with van der Waals surface area (Å²) in [7, 11) is 1.57. The topological polar surface area (TPSA) is 61.7 Å². The van der Waals surface area contributed by atoms with Gasteiger partial charge in [0.2, 0.25) is 0 Å². The van der Waals surface area contributed by atoms with Crippen LogP contribution in [0.5, 0.6) is 0 Å². The number of piperidine rings is 1. The lowest BCUT2D eigenvalue weighted by Gasteiger charge is -2.29. The van der Waals surface area contributed by atoms with Gasteiger partial charge in [0.15, 0.2) is 0 Å². The summed E-state index contributed by atoms with van der Waals surface area (Å²) >= 11 is 0. The lowest BCUT2D eigenvalue weighted by Crippen LogP contribution is -2.41. The fourth-order valence-electron chi connectivity index (χ4n) is 1.76. The molecule has 0 aromatic rings. The van der Waals surface area contributed by atoms with E-state index < -0.39 is 6.10 Å². The highest BCUT2D eigenvalue weighted by atomic mass is 16.5. The van der Waals surface area contributed by atoms with Crippen LogP contribution in [0.25, 0.3) is 0 Å². The molecule has 4 heteroatoms. The Morgan fingerprint density at radius 1 is 1.62 bits per heavy atom. The normalized spacial score (nSPS) is 31.6. The van der Waals surface area contributed by atoms with Crippen LogP contribution in [0.4, 0.5) is 0 Å². The molecule has 1 rings (SSSR count). The highest BCUT2D eigenvalue weighted by Gasteiger charge is 2.24. The van der Waals surface area contributed by atoms with Gasteiger partial charge in [0.05, 0.1) is 18.8 Å². The third-order valence-corrected chi connectivity index (χ3v) is 2.50. The maximum Gasteiger partial charge on any atom is 0.0777 e. The minimum absolute atomic E-state index is 0.166. The number of aliphatic hydroxyl groups excluding tert-OH is 2. The van der Waals surface area contributed by atoms with E-state index in [1.54, 1.807) is 7.11 Å². The van der Waals surface area contributed by atoms with Gasteiger partial charge in [-0.05, 0) is 25.3 Å². The van der Waals surface area contributed by atoms with Crippen molar-refractivity contribution in [1.29, 1.82) is 0 Å². The van der Waals surface area contributed by atoms with E-state index in [9.17, 15) is 10.2 Å². The Morgan fingerprint density at radius 3 is 3.00 bits per heavy atom. The van der Waals surface area contributed by atoms with Gasteiger partial charge in [0.25, 0.3) is 0 Å². The largest absolute Gasteiger partial charge is 0.393 e. The first-order valence-electron chi connectivity index (χ1n) is 4.80. The standard InChI is InChI=1S/C9H19NO3/c1-13-6-8(11)4-7-5-10-3-2-9(7)12/h7-12H,2-6H2,1H3. The average molecular weight is 189 g/mol. The monoisotopic (exact) mass is 189 g/mol. The van der Waals surface area contributed by atoms with Crippen molar-refractivity contribution < 1.29 is 14.9 Å². The van der Waals surface area contributed by atoms with E-state index in [0.717, 1.165) is 19.5 Å². The lowest BCUT2D eigenvalue weighted by molar-refractivity contribution is 0.0107. The Labute approximate surface area is 78.9 Å². The molecule has 0 bridgehead atoms. The molecule has 3 atom stereocenters. The first-order chi connectivity index (χ1) is 6.24. The molecular formula is C9H19NO3. The van der Waals surface area contributed by atoms with Crippen molar-refractivity contribution in [3.63, 3.8) is 0 Å². The molecule has 13 heavy (non-hydrogen) atoms. The Morgan fingerprint density at radius 2 is 2.38 bits per heavy atom. The third kappa shape index (κ3) is 3.60. The second-order valence-corrected chi connectivity index (χ2v) is 3.67. The smallest absolute Gasteiger partial charge is 0.0777 e. The number of hydrogen-bond acceptors (Lipinski definition) is 4. The minimum Gasteiger partial charge on any atom is -0.393 e. The summed E-state index contributed by atoms with van der Waals surface area (Å²) in [5, 5.41) is 22.3. The summed E-state index contributed by atoms with van der Waals surface area (Å²) in [5.74, 6) is 0.166. The number of methoxy groups -OCH3 is 1. The van der Waals surface area contributed by atoms with Gasteiger partial charge >= 0.3 is 0 Å². The second kappa shape index (κ2) is 5.54. The van der Waals surface area contributed by atoms with Crippen LogP contribution in [0.1, 0.15) is 12.8 Å². The number of nitrogens with one attached hydrogen (secondary N) is 1. The van der Waals surface area contributed by atoms with Crippen LogP contribution in [0.2, 0.25) is 0 Å². The molecule has 3 unspecified atom stereocenters. The highest BCUT2D eigenvalue weighted by molar-refractivity contribution is 4.79. The summed E-state index contributed by atoms with van der Waals surface area (Å²) in [6, 6.07) is 0. The van der Waals surface area contributed by atoms with Gasteiger partial charge in [0.1, 0.15) is 0 Å². The van der Waals surface area contributed by atoms with Crippen molar-refractivity contribution in [2.24, 2.45) is 5.92 Å². The van der Waals surface area contributed by atoms with Crippen LogP contribution in [0.15, 0.2) is 0 Å². The van der Waals surface area contributed by atoms with E-state index in [-0.39, 0.29) is 12.0 Å². The molecule has 1 aliphatic rings. The van der Waals surface area contributed by atoms with Crippen LogP contribution in [0.3, 0.4) is 0 Å². The van der Waals surface area contributed by atoms with E-state index in [4.69, 9.17) is 4.74 Å². The molecule has 0 saturated carbocycles. The molecule has 1 heterocycles. The molecule has 0 aliphatic carbocycles. The Hall–Kier alpha value is -0.160. The van der Waals surface area contributed by atoms with Crippen LogP contribution in [-0.2, 0) is 4.74 Å². The van der Waals surface area contributed by atoms with Crippen molar-refractivity contribution in [3.8, 4) is 0 Å². The molecule has 3 N–H and O–H groups in total. The molecule has 0 amide bonds. The van der Waals surface area contributed by atoms with Crippen LogP contribution in [0, 0.1) is 5.92 Å². The molecular weight excluding hydrogens is 170 g/mol. The van der Waals surface area contributed by atoms with Gasteiger partial charge in [-0.2, -0.15) is 0 Å². The van der Waals surface area contributed by atoms with E-state index in [0.29, 0.717) is 13.0 Å². The number of ether oxygens (including phenoxy) is 1. The Balaban J connectivity index is 2.25. The molecule has 0 radical (unpaired) electrons. The van der Waals surface area contributed by atoms with E-state index in [1.165, 1.54) is 0 Å². The quantitative estimate of drug-likeness (QED) is 0.550. The number of aliphatic hydroxyl groups is 2. The maximum absolute atomic E-state index is 9.59. The third-order valence-electron chi connectivity index (χ3n) is 2.50. The van der Waals surface area contributed by atoms with Gasteiger partial charge in [-0.25, -0.2) is 0 Å². The van der Waals surface area contributed by atoms with Gasteiger partial charge in [-0.1, -0.05) is 0 Å². The minimum atomic E-state index is -0.454. The molecule has 0 spiro atoms. The molecule has 78 valence electrons. The zero-order valence-corrected chi connectivity index (χ0v) is 8.07. The van der Waals surface area contributed by atoms with Gasteiger partial charge in [-0.3, -0.25) is 0 Å². The van der Waals surface area contributed by atoms with E-state index in [2.05, 4.69) is 5.32 Å². The zero-order valence-electron chi connectivity index (χ0n) is 8.07. The van der Waals surface area contributed by atoms with Crippen LogP contribution in [-0.4, -0.2) is 49.2 Å². The lowest BCUT2D eigenvalue weighted by atomic mass is 9.91. The highest BCUT2D eigenvalue weighted by Crippen LogP contribution is 2.16. The van der Waals surface area contributed by atoms with Crippen molar-refractivity contribution in [3.05, 3.63) is 0 Å². The van der Waals surface area contributed by atoms with E-state index in [1.807, 2.05) is 0 Å². The van der Waals surface area contributed by atoms with Gasteiger partial charge < -0.3 is 20.3 Å². The average Bonchev–Trinajstić information content (AvgIpc) is 2.09. The van der Waals surface area contributed by atoms with E-state index >= 15 is 0 Å². The fourth-order valence-corrected chi connectivity index (χ4v) is 1.76. The summed E-state index contributed by atoms with van der Waals surface area (Å²) in [6.07, 6.45) is 0.670. The van der Waals surface area contributed by atoms with Crippen LogP contribution >= 0.6 is 0 Å². The number of rotatable bonds is 4.